The van der Waals surface area contributed by atoms with Crippen LogP contribution in [0.15, 0.2) is 18.6 Å². The summed E-state index contributed by atoms with van der Waals surface area (Å²) in [6.07, 6.45) is 11.6. The lowest BCUT2D eigenvalue weighted by molar-refractivity contribution is -0.0334. The topological polar surface area (TPSA) is 96.2 Å². The number of nitrogens with zero attached hydrogens (tertiary/aromatic N) is 6. The third kappa shape index (κ3) is 3.55. The Morgan fingerprint density at radius 2 is 2.07 bits per heavy atom. The molecular formula is C22H31N7O. The van der Waals surface area contributed by atoms with Gasteiger partial charge < -0.3 is 19.9 Å². The van der Waals surface area contributed by atoms with E-state index >= 15 is 0 Å². The molecule has 5 heterocycles. The fourth-order valence-electron chi connectivity index (χ4n) is 5.74. The summed E-state index contributed by atoms with van der Waals surface area (Å²) in [6, 6.07) is 4.26. The van der Waals surface area contributed by atoms with Crippen LogP contribution in [0.3, 0.4) is 0 Å². The number of piperidine rings is 1. The van der Waals surface area contributed by atoms with Gasteiger partial charge in [-0.05, 0) is 64.2 Å². The molecule has 2 atom stereocenters. The van der Waals surface area contributed by atoms with E-state index in [1.807, 2.05) is 12.3 Å². The summed E-state index contributed by atoms with van der Waals surface area (Å²) < 4.78 is 8.61. The standard InChI is InChI=1S/C22H31N7O/c23-9-2-10-27-13-7-22(8-14-27)6-1-11-28(22)15-17-3-4-19(30-17)29-12-5-18-20(24)25-16-26-21(18)29/h5,12,16-17,19H,1-4,6-8,10-11,13-15H2,(H2,24,25,26). The van der Waals surface area contributed by atoms with Crippen LogP contribution >= 0.6 is 0 Å². The summed E-state index contributed by atoms with van der Waals surface area (Å²) in [5.41, 5.74) is 7.19. The number of nitrogens with two attached hydrogens (primary N) is 1. The SMILES string of the molecule is N#CCCN1CCC2(CCCN2CC2CCC(n3ccc4c(N)ncnc43)O2)CC1. The normalized spacial score (nSPS) is 27.2. The van der Waals surface area contributed by atoms with Gasteiger partial charge in [-0.1, -0.05) is 0 Å². The van der Waals surface area contributed by atoms with E-state index in [4.69, 9.17) is 15.7 Å². The Balaban J connectivity index is 1.22. The number of aromatic nitrogens is 3. The van der Waals surface area contributed by atoms with Crippen molar-refractivity contribution in [3.63, 3.8) is 0 Å². The summed E-state index contributed by atoms with van der Waals surface area (Å²) in [5, 5.41) is 9.75. The average molecular weight is 410 g/mol. The third-order valence-corrected chi connectivity index (χ3v) is 7.43. The van der Waals surface area contributed by atoms with E-state index in [9.17, 15) is 0 Å². The Morgan fingerprint density at radius 3 is 2.90 bits per heavy atom. The van der Waals surface area contributed by atoms with E-state index in [-0.39, 0.29) is 12.3 Å². The molecular weight excluding hydrogens is 378 g/mol. The molecule has 0 aliphatic carbocycles. The highest BCUT2D eigenvalue weighted by Gasteiger charge is 2.44. The summed E-state index contributed by atoms with van der Waals surface area (Å²) in [4.78, 5) is 13.7. The molecule has 1 spiro atoms. The molecule has 5 rings (SSSR count). The molecule has 30 heavy (non-hydrogen) atoms. The summed E-state index contributed by atoms with van der Waals surface area (Å²) in [7, 11) is 0. The van der Waals surface area contributed by atoms with Crippen LogP contribution in [0.5, 0.6) is 0 Å². The zero-order chi connectivity index (χ0) is 20.6. The summed E-state index contributed by atoms with van der Waals surface area (Å²) in [6.45, 7) is 5.34. The Hall–Kier alpha value is -2.21. The molecule has 3 aliphatic rings. The highest BCUT2D eigenvalue weighted by molar-refractivity contribution is 5.86. The number of hydrogen-bond donors (Lipinski definition) is 1. The molecule has 0 amide bonds. The fraction of sp³-hybridized carbons (Fsp3) is 0.682. The number of nitrogen functional groups attached to an aromatic ring is 1. The van der Waals surface area contributed by atoms with E-state index in [0.717, 1.165) is 50.1 Å². The van der Waals surface area contributed by atoms with Crippen molar-refractivity contribution < 1.29 is 4.74 Å². The Labute approximate surface area is 177 Å². The fourth-order valence-corrected chi connectivity index (χ4v) is 5.74. The van der Waals surface area contributed by atoms with Crippen molar-refractivity contribution in [3.8, 4) is 6.07 Å². The lowest BCUT2D eigenvalue weighted by Crippen LogP contribution is -2.53. The Kier molecular flexibility index (Phi) is 5.35. The molecule has 0 bridgehead atoms. The molecule has 2 unspecified atom stereocenters. The smallest absolute Gasteiger partial charge is 0.147 e. The molecule has 3 aliphatic heterocycles. The monoisotopic (exact) mass is 409 g/mol. The number of rotatable bonds is 5. The van der Waals surface area contributed by atoms with Crippen molar-refractivity contribution in [2.45, 2.75) is 62.8 Å². The first-order valence-electron chi connectivity index (χ1n) is 11.3. The lowest BCUT2D eigenvalue weighted by atomic mass is 9.84. The van der Waals surface area contributed by atoms with Gasteiger partial charge in [0.25, 0.3) is 0 Å². The van der Waals surface area contributed by atoms with Crippen molar-refractivity contribution in [3.05, 3.63) is 18.6 Å². The van der Waals surface area contributed by atoms with E-state index in [1.54, 1.807) is 0 Å². The molecule has 0 saturated carbocycles. The molecule has 8 nitrogen and oxygen atoms in total. The van der Waals surface area contributed by atoms with Gasteiger partial charge in [0.1, 0.15) is 24.0 Å². The van der Waals surface area contributed by atoms with E-state index in [1.165, 1.54) is 38.6 Å². The number of hydrogen-bond acceptors (Lipinski definition) is 7. The first kappa shape index (κ1) is 19.7. The maximum Gasteiger partial charge on any atom is 0.147 e. The van der Waals surface area contributed by atoms with Gasteiger partial charge in [-0.25, -0.2) is 9.97 Å². The maximum atomic E-state index is 8.85. The molecule has 3 fully saturated rings. The van der Waals surface area contributed by atoms with Crippen LogP contribution in [0.25, 0.3) is 11.0 Å². The minimum atomic E-state index is 0.0215. The van der Waals surface area contributed by atoms with Crippen LogP contribution < -0.4 is 5.73 Å². The molecule has 160 valence electrons. The molecule has 2 aromatic rings. The molecule has 2 aromatic heterocycles. The third-order valence-electron chi connectivity index (χ3n) is 7.43. The van der Waals surface area contributed by atoms with Crippen molar-refractivity contribution in [2.75, 3.05) is 38.5 Å². The van der Waals surface area contributed by atoms with Gasteiger partial charge in [0, 0.05) is 31.2 Å². The van der Waals surface area contributed by atoms with Crippen LogP contribution in [0.2, 0.25) is 0 Å². The highest BCUT2D eigenvalue weighted by atomic mass is 16.5. The van der Waals surface area contributed by atoms with Crippen LogP contribution in [0.1, 0.15) is 51.2 Å². The number of nitriles is 1. The van der Waals surface area contributed by atoms with E-state index in [0.29, 0.717) is 17.8 Å². The Morgan fingerprint density at radius 1 is 1.20 bits per heavy atom. The predicted octanol–water partition coefficient (Wildman–Crippen LogP) is 2.54. The van der Waals surface area contributed by atoms with E-state index < -0.39 is 0 Å². The van der Waals surface area contributed by atoms with Gasteiger partial charge >= 0.3 is 0 Å². The van der Waals surface area contributed by atoms with Crippen LogP contribution in [-0.2, 0) is 4.74 Å². The number of likely N-dealkylation sites (tertiary alicyclic amines) is 2. The van der Waals surface area contributed by atoms with Gasteiger partial charge in [-0.15, -0.1) is 0 Å². The quantitative estimate of drug-likeness (QED) is 0.810. The van der Waals surface area contributed by atoms with Crippen LogP contribution in [0.4, 0.5) is 5.82 Å². The minimum Gasteiger partial charge on any atom is -0.383 e. The summed E-state index contributed by atoms with van der Waals surface area (Å²) >= 11 is 0. The largest absolute Gasteiger partial charge is 0.383 e. The summed E-state index contributed by atoms with van der Waals surface area (Å²) in [5.74, 6) is 0.522. The van der Waals surface area contributed by atoms with Crippen molar-refractivity contribution in [1.29, 1.82) is 5.26 Å². The molecule has 2 N–H and O–H groups in total. The van der Waals surface area contributed by atoms with Crippen molar-refractivity contribution >= 4 is 16.9 Å². The second-order valence-electron chi connectivity index (χ2n) is 9.03. The second-order valence-corrected chi connectivity index (χ2v) is 9.03. The van der Waals surface area contributed by atoms with Gasteiger partial charge in [0.2, 0.25) is 0 Å². The lowest BCUT2D eigenvalue weighted by Gasteiger charge is -2.45. The van der Waals surface area contributed by atoms with Crippen LogP contribution in [0, 0.1) is 11.3 Å². The van der Waals surface area contributed by atoms with Gasteiger partial charge in [-0.2, -0.15) is 5.26 Å². The zero-order valence-electron chi connectivity index (χ0n) is 17.5. The molecule has 8 heteroatoms. The second kappa shape index (κ2) is 8.14. The number of fused-ring (bicyclic) bond motifs is 1. The first-order chi connectivity index (χ1) is 14.7. The molecule has 0 aromatic carbocycles. The zero-order valence-corrected chi connectivity index (χ0v) is 17.5. The average Bonchev–Trinajstić information content (AvgIpc) is 3.48. The van der Waals surface area contributed by atoms with Gasteiger partial charge in [-0.3, -0.25) is 4.90 Å². The first-order valence-corrected chi connectivity index (χ1v) is 11.3. The van der Waals surface area contributed by atoms with Gasteiger partial charge in [0.15, 0.2) is 0 Å². The molecule has 3 saturated heterocycles. The number of anilines is 1. The van der Waals surface area contributed by atoms with Gasteiger partial charge in [0.05, 0.1) is 17.6 Å². The van der Waals surface area contributed by atoms with Crippen LogP contribution in [-0.4, -0.2) is 68.7 Å². The highest BCUT2D eigenvalue weighted by Crippen LogP contribution is 2.40. The minimum absolute atomic E-state index is 0.0215. The maximum absolute atomic E-state index is 8.85. The molecule has 0 radical (unpaired) electrons. The number of ether oxygens (including phenoxy) is 1. The Bertz CT molecular complexity index is 927. The van der Waals surface area contributed by atoms with Crippen molar-refractivity contribution in [1.82, 2.24) is 24.3 Å². The van der Waals surface area contributed by atoms with Crippen molar-refractivity contribution in [2.24, 2.45) is 0 Å². The predicted molar refractivity (Wildman–Crippen MR) is 115 cm³/mol. The van der Waals surface area contributed by atoms with E-state index in [2.05, 4.69) is 30.4 Å².